The number of carbonyl (C=O) groups excluding carboxylic acids is 2. The lowest BCUT2D eigenvalue weighted by Gasteiger charge is -2.17. The Morgan fingerprint density at radius 1 is 1.00 bits per heavy atom. The summed E-state index contributed by atoms with van der Waals surface area (Å²) in [4.78, 5) is 24.1. The van der Waals surface area contributed by atoms with Crippen molar-refractivity contribution in [2.45, 2.75) is 39.0 Å². The topological polar surface area (TPSA) is 79.8 Å². The molecular formula is C22H25N3O3. The number of fused-ring (bicyclic) bond motifs is 1. The number of hydrazone groups is 1. The van der Waals surface area contributed by atoms with Crippen LogP contribution < -0.4 is 15.5 Å². The number of rotatable bonds is 7. The predicted molar refractivity (Wildman–Crippen MR) is 110 cm³/mol. The zero-order valence-electron chi connectivity index (χ0n) is 16.0. The fourth-order valence-electron chi connectivity index (χ4n) is 3.15. The van der Waals surface area contributed by atoms with Crippen molar-refractivity contribution in [1.82, 2.24) is 5.43 Å². The fraction of sp³-hybridized carbons (Fsp3) is 0.318. The molecule has 0 spiro atoms. The average molecular weight is 379 g/mol. The Hall–Kier alpha value is -3.15. The molecule has 6 heteroatoms. The van der Waals surface area contributed by atoms with Crippen LogP contribution in [0, 0.1) is 0 Å². The SMILES string of the molecule is CCOc1ccc(NC(=O)CCC(=O)N/N=C2/CCCc3ccccc32)cc1. The molecule has 0 atom stereocenters. The van der Waals surface area contributed by atoms with Crippen molar-refractivity contribution in [3.05, 3.63) is 59.7 Å². The maximum absolute atomic E-state index is 12.1. The Kier molecular flexibility index (Phi) is 6.78. The second-order valence-corrected chi connectivity index (χ2v) is 6.61. The number of benzene rings is 2. The maximum atomic E-state index is 12.1. The van der Waals surface area contributed by atoms with Gasteiger partial charge in [-0.25, -0.2) is 5.43 Å². The van der Waals surface area contributed by atoms with Crippen molar-refractivity contribution in [1.29, 1.82) is 0 Å². The van der Waals surface area contributed by atoms with Gasteiger partial charge in [0, 0.05) is 24.1 Å². The average Bonchev–Trinajstić information content (AvgIpc) is 2.72. The number of amides is 2. The minimum absolute atomic E-state index is 0.0846. The number of nitrogens with one attached hydrogen (secondary N) is 2. The third kappa shape index (κ3) is 5.42. The van der Waals surface area contributed by atoms with Gasteiger partial charge in [0.15, 0.2) is 0 Å². The van der Waals surface area contributed by atoms with Gasteiger partial charge in [-0.05, 0) is 56.0 Å². The molecule has 1 aliphatic carbocycles. The minimum Gasteiger partial charge on any atom is -0.494 e. The molecule has 146 valence electrons. The Morgan fingerprint density at radius 3 is 2.54 bits per heavy atom. The van der Waals surface area contributed by atoms with E-state index in [2.05, 4.69) is 21.9 Å². The molecule has 0 unspecified atom stereocenters. The molecule has 0 aromatic heterocycles. The summed E-state index contributed by atoms with van der Waals surface area (Å²) in [6.45, 7) is 2.51. The number of ether oxygens (including phenoxy) is 1. The zero-order chi connectivity index (χ0) is 19.8. The van der Waals surface area contributed by atoms with Crippen LogP contribution in [-0.4, -0.2) is 24.1 Å². The quantitative estimate of drug-likeness (QED) is 0.721. The second-order valence-electron chi connectivity index (χ2n) is 6.61. The molecule has 0 heterocycles. The lowest BCUT2D eigenvalue weighted by atomic mass is 9.90. The highest BCUT2D eigenvalue weighted by molar-refractivity contribution is 6.03. The van der Waals surface area contributed by atoms with Crippen LogP contribution in [0.1, 0.15) is 43.7 Å². The standard InChI is InChI=1S/C22H25N3O3/c1-2-28-18-12-10-17(11-13-18)23-21(26)14-15-22(27)25-24-20-9-5-7-16-6-3-4-8-19(16)20/h3-4,6,8,10-13H,2,5,7,9,14-15H2,1H3,(H,23,26)(H,25,27)/b24-20-. The van der Waals surface area contributed by atoms with Gasteiger partial charge in [0.2, 0.25) is 11.8 Å². The number of anilines is 1. The molecule has 6 nitrogen and oxygen atoms in total. The van der Waals surface area contributed by atoms with Crippen molar-refractivity contribution in [3.63, 3.8) is 0 Å². The summed E-state index contributed by atoms with van der Waals surface area (Å²) in [5.41, 5.74) is 6.52. The molecule has 0 saturated heterocycles. The highest BCUT2D eigenvalue weighted by Crippen LogP contribution is 2.21. The summed E-state index contributed by atoms with van der Waals surface area (Å²) < 4.78 is 5.37. The smallest absolute Gasteiger partial charge is 0.240 e. The van der Waals surface area contributed by atoms with E-state index in [1.54, 1.807) is 24.3 Å². The van der Waals surface area contributed by atoms with Crippen LogP contribution in [0.15, 0.2) is 53.6 Å². The largest absolute Gasteiger partial charge is 0.494 e. The molecule has 2 aromatic carbocycles. The first-order chi connectivity index (χ1) is 13.7. The fourth-order valence-corrected chi connectivity index (χ4v) is 3.15. The molecule has 0 fully saturated rings. The Bertz CT molecular complexity index is 860. The molecule has 2 amide bonds. The zero-order valence-corrected chi connectivity index (χ0v) is 16.0. The van der Waals surface area contributed by atoms with Crippen molar-refractivity contribution < 1.29 is 14.3 Å². The van der Waals surface area contributed by atoms with Crippen LogP contribution in [0.25, 0.3) is 0 Å². The van der Waals surface area contributed by atoms with Gasteiger partial charge in [-0.2, -0.15) is 5.10 Å². The molecule has 0 aliphatic heterocycles. The van der Waals surface area contributed by atoms with Gasteiger partial charge in [0.1, 0.15) is 5.75 Å². The minimum atomic E-state index is -0.266. The maximum Gasteiger partial charge on any atom is 0.240 e. The predicted octanol–water partition coefficient (Wildman–Crippen LogP) is 3.66. The molecule has 0 bridgehead atoms. The van der Waals surface area contributed by atoms with Crippen molar-refractivity contribution in [2.24, 2.45) is 5.10 Å². The molecule has 28 heavy (non-hydrogen) atoms. The molecule has 0 saturated carbocycles. The van der Waals surface area contributed by atoms with E-state index in [0.29, 0.717) is 12.3 Å². The summed E-state index contributed by atoms with van der Waals surface area (Å²) in [7, 11) is 0. The van der Waals surface area contributed by atoms with Gasteiger partial charge in [-0.1, -0.05) is 24.3 Å². The van der Waals surface area contributed by atoms with E-state index in [1.165, 1.54) is 5.56 Å². The lowest BCUT2D eigenvalue weighted by molar-refractivity contribution is -0.124. The van der Waals surface area contributed by atoms with E-state index < -0.39 is 0 Å². The highest BCUT2D eigenvalue weighted by Gasteiger charge is 2.15. The Morgan fingerprint density at radius 2 is 1.75 bits per heavy atom. The summed E-state index contributed by atoms with van der Waals surface area (Å²) >= 11 is 0. The first-order valence-electron chi connectivity index (χ1n) is 9.62. The third-order valence-corrected chi connectivity index (χ3v) is 4.53. The number of carbonyl (C=O) groups is 2. The van der Waals surface area contributed by atoms with E-state index in [9.17, 15) is 9.59 Å². The van der Waals surface area contributed by atoms with Crippen LogP contribution in [0.4, 0.5) is 5.69 Å². The van der Waals surface area contributed by atoms with E-state index in [0.717, 1.165) is 36.3 Å². The number of hydrogen-bond acceptors (Lipinski definition) is 4. The number of aryl methyl sites for hydroxylation is 1. The third-order valence-electron chi connectivity index (χ3n) is 4.53. The Balaban J connectivity index is 1.46. The summed E-state index contributed by atoms with van der Waals surface area (Å²) in [6.07, 6.45) is 3.09. The van der Waals surface area contributed by atoms with E-state index >= 15 is 0 Å². The van der Waals surface area contributed by atoms with Gasteiger partial charge < -0.3 is 10.1 Å². The van der Waals surface area contributed by atoms with E-state index in [-0.39, 0.29) is 24.7 Å². The molecular weight excluding hydrogens is 354 g/mol. The van der Waals surface area contributed by atoms with Crippen LogP contribution in [-0.2, 0) is 16.0 Å². The summed E-state index contributed by atoms with van der Waals surface area (Å²) in [6, 6.07) is 15.3. The molecule has 2 N–H and O–H groups in total. The summed E-state index contributed by atoms with van der Waals surface area (Å²) in [5, 5.41) is 7.06. The monoisotopic (exact) mass is 379 g/mol. The molecule has 2 aromatic rings. The Labute approximate surface area is 165 Å². The van der Waals surface area contributed by atoms with Gasteiger partial charge in [0.05, 0.1) is 12.3 Å². The van der Waals surface area contributed by atoms with Gasteiger partial charge in [-0.15, -0.1) is 0 Å². The van der Waals surface area contributed by atoms with Gasteiger partial charge >= 0.3 is 0 Å². The number of hydrogen-bond donors (Lipinski definition) is 2. The molecule has 0 radical (unpaired) electrons. The first kappa shape index (κ1) is 19.6. The van der Waals surface area contributed by atoms with Crippen molar-refractivity contribution >= 4 is 23.2 Å². The van der Waals surface area contributed by atoms with E-state index in [1.807, 2.05) is 25.1 Å². The van der Waals surface area contributed by atoms with Crippen molar-refractivity contribution in [3.8, 4) is 5.75 Å². The lowest BCUT2D eigenvalue weighted by Crippen LogP contribution is -2.23. The highest BCUT2D eigenvalue weighted by atomic mass is 16.5. The number of nitrogens with zero attached hydrogens (tertiary/aromatic N) is 1. The van der Waals surface area contributed by atoms with Gasteiger partial charge in [-0.3, -0.25) is 9.59 Å². The van der Waals surface area contributed by atoms with Crippen molar-refractivity contribution in [2.75, 3.05) is 11.9 Å². The summed E-state index contributed by atoms with van der Waals surface area (Å²) in [5.74, 6) is 0.274. The van der Waals surface area contributed by atoms with Crippen LogP contribution in [0.3, 0.4) is 0 Å². The normalized spacial score (nSPS) is 14.2. The second kappa shape index (κ2) is 9.69. The van der Waals surface area contributed by atoms with Crippen LogP contribution >= 0.6 is 0 Å². The molecule has 1 aliphatic rings. The van der Waals surface area contributed by atoms with Gasteiger partial charge in [0.25, 0.3) is 0 Å². The first-order valence-corrected chi connectivity index (χ1v) is 9.62. The molecule has 3 rings (SSSR count). The van der Waals surface area contributed by atoms with Crippen LogP contribution in [0.5, 0.6) is 5.75 Å². The van der Waals surface area contributed by atoms with E-state index in [4.69, 9.17) is 4.74 Å². The van der Waals surface area contributed by atoms with Crippen LogP contribution in [0.2, 0.25) is 0 Å².